The topological polar surface area (TPSA) is 71.1 Å². The third kappa shape index (κ3) is 4.86. The summed E-state index contributed by atoms with van der Waals surface area (Å²) in [5, 5.41) is 8.02. The van der Waals surface area contributed by atoms with Gasteiger partial charge in [-0.15, -0.1) is 22.7 Å². The fourth-order valence-electron chi connectivity index (χ4n) is 1.76. The molecule has 0 saturated heterocycles. The van der Waals surface area contributed by atoms with Gasteiger partial charge >= 0.3 is 0 Å². The predicted octanol–water partition coefficient (Wildman–Crippen LogP) is 2.14. The number of nitrogens with one attached hydrogen (secondary N) is 2. The third-order valence-electron chi connectivity index (χ3n) is 2.81. The molecule has 0 unspecified atom stereocenters. The van der Waals surface area contributed by atoms with Gasteiger partial charge in [-0.1, -0.05) is 6.92 Å². The standard InChI is InChI=1S/C13H19N3O2S3/c1-3-14-7-11-6-13(20-8-11)21(17,18)15-5-4-12-9-19-10(2)16-12/h6,8-9,14-15H,3-5,7H2,1-2H3. The van der Waals surface area contributed by atoms with Crippen molar-refractivity contribution in [2.24, 2.45) is 0 Å². The molecule has 0 aliphatic heterocycles. The van der Waals surface area contributed by atoms with E-state index in [-0.39, 0.29) is 0 Å². The molecular weight excluding hydrogens is 326 g/mol. The summed E-state index contributed by atoms with van der Waals surface area (Å²) in [5.41, 5.74) is 1.93. The Morgan fingerprint density at radius 3 is 2.76 bits per heavy atom. The van der Waals surface area contributed by atoms with Crippen molar-refractivity contribution in [2.45, 2.75) is 31.0 Å². The van der Waals surface area contributed by atoms with Gasteiger partial charge in [-0.3, -0.25) is 0 Å². The summed E-state index contributed by atoms with van der Waals surface area (Å²) in [6.07, 6.45) is 0.610. The maximum absolute atomic E-state index is 12.2. The highest BCUT2D eigenvalue weighted by atomic mass is 32.2. The van der Waals surface area contributed by atoms with Gasteiger partial charge in [-0.25, -0.2) is 18.1 Å². The molecule has 2 aromatic heterocycles. The van der Waals surface area contributed by atoms with Crippen LogP contribution >= 0.6 is 22.7 Å². The average molecular weight is 346 g/mol. The Labute approximate surface area is 133 Å². The van der Waals surface area contributed by atoms with Crippen molar-refractivity contribution in [2.75, 3.05) is 13.1 Å². The zero-order valence-electron chi connectivity index (χ0n) is 12.0. The minimum absolute atomic E-state index is 0.366. The quantitative estimate of drug-likeness (QED) is 0.769. The van der Waals surface area contributed by atoms with E-state index >= 15 is 0 Å². The summed E-state index contributed by atoms with van der Waals surface area (Å²) >= 11 is 2.83. The Bertz CT molecular complexity index is 676. The largest absolute Gasteiger partial charge is 0.313 e. The lowest BCUT2D eigenvalue weighted by Crippen LogP contribution is -2.25. The minimum atomic E-state index is -3.41. The van der Waals surface area contributed by atoms with Crippen LogP contribution in [0.2, 0.25) is 0 Å². The smallest absolute Gasteiger partial charge is 0.250 e. The molecule has 2 aromatic rings. The molecule has 21 heavy (non-hydrogen) atoms. The summed E-state index contributed by atoms with van der Waals surface area (Å²) in [6.45, 7) is 5.89. The molecule has 0 aromatic carbocycles. The number of hydrogen-bond acceptors (Lipinski definition) is 6. The number of sulfonamides is 1. The summed E-state index contributed by atoms with van der Waals surface area (Å²) in [5.74, 6) is 0. The normalized spacial score (nSPS) is 11.9. The Morgan fingerprint density at radius 2 is 2.10 bits per heavy atom. The Balaban J connectivity index is 1.90. The van der Waals surface area contributed by atoms with Gasteiger partial charge in [-0.2, -0.15) is 0 Å². The first-order chi connectivity index (χ1) is 10.0. The second-order valence-electron chi connectivity index (χ2n) is 4.56. The van der Waals surface area contributed by atoms with Crippen LogP contribution in [0.25, 0.3) is 0 Å². The fraction of sp³-hybridized carbons (Fsp3) is 0.462. The minimum Gasteiger partial charge on any atom is -0.313 e. The number of aryl methyl sites for hydroxylation is 1. The fourth-order valence-corrected chi connectivity index (χ4v) is 4.70. The Hall–Kier alpha value is -0.800. The van der Waals surface area contributed by atoms with Gasteiger partial charge < -0.3 is 5.32 Å². The number of thiophene rings is 1. The number of nitrogens with zero attached hydrogens (tertiary/aromatic N) is 1. The van der Waals surface area contributed by atoms with Crippen molar-refractivity contribution in [3.63, 3.8) is 0 Å². The zero-order chi connectivity index (χ0) is 15.3. The van der Waals surface area contributed by atoms with E-state index in [1.54, 1.807) is 17.4 Å². The van der Waals surface area contributed by atoms with Gasteiger partial charge in [0, 0.05) is 24.9 Å². The maximum atomic E-state index is 12.2. The van der Waals surface area contributed by atoms with Crippen molar-refractivity contribution in [3.8, 4) is 0 Å². The molecular formula is C13H19N3O2S3. The van der Waals surface area contributed by atoms with Crippen LogP contribution in [0.4, 0.5) is 0 Å². The van der Waals surface area contributed by atoms with Gasteiger partial charge in [0.05, 0.1) is 10.7 Å². The van der Waals surface area contributed by atoms with Crippen LogP contribution < -0.4 is 10.0 Å². The molecule has 0 radical (unpaired) electrons. The highest BCUT2D eigenvalue weighted by Crippen LogP contribution is 2.20. The van der Waals surface area contributed by atoms with Crippen molar-refractivity contribution in [1.29, 1.82) is 0 Å². The molecule has 5 nitrogen and oxygen atoms in total. The van der Waals surface area contributed by atoms with Crippen LogP contribution in [0.5, 0.6) is 0 Å². The summed E-state index contributed by atoms with van der Waals surface area (Å²) in [4.78, 5) is 4.32. The van der Waals surface area contributed by atoms with Crippen LogP contribution in [-0.4, -0.2) is 26.5 Å². The van der Waals surface area contributed by atoms with Gasteiger partial charge in [0.2, 0.25) is 10.0 Å². The highest BCUT2D eigenvalue weighted by Gasteiger charge is 2.16. The molecule has 0 aliphatic carbocycles. The molecule has 0 amide bonds. The number of hydrogen-bond donors (Lipinski definition) is 2. The zero-order valence-corrected chi connectivity index (χ0v) is 14.5. The first kappa shape index (κ1) is 16.6. The third-order valence-corrected chi connectivity index (χ3v) is 6.59. The van der Waals surface area contributed by atoms with Crippen LogP contribution in [0.1, 0.15) is 23.2 Å². The first-order valence-electron chi connectivity index (χ1n) is 6.70. The van der Waals surface area contributed by atoms with Crippen molar-refractivity contribution in [1.82, 2.24) is 15.0 Å². The van der Waals surface area contributed by atoms with Crippen LogP contribution in [0.3, 0.4) is 0 Å². The van der Waals surface area contributed by atoms with Crippen molar-refractivity contribution in [3.05, 3.63) is 33.1 Å². The van der Waals surface area contributed by atoms with Crippen LogP contribution in [0, 0.1) is 6.92 Å². The van der Waals surface area contributed by atoms with Crippen molar-refractivity contribution >= 4 is 32.7 Å². The highest BCUT2D eigenvalue weighted by molar-refractivity contribution is 7.91. The van der Waals surface area contributed by atoms with E-state index in [0.29, 0.717) is 23.7 Å². The van der Waals surface area contributed by atoms with Gasteiger partial charge in [0.1, 0.15) is 4.21 Å². The van der Waals surface area contributed by atoms with Crippen LogP contribution in [0.15, 0.2) is 21.0 Å². The molecule has 8 heteroatoms. The molecule has 0 aliphatic rings. The van der Waals surface area contributed by atoms with Gasteiger partial charge in [-0.05, 0) is 30.5 Å². The van der Waals surface area contributed by atoms with E-state index in [9.17, 15) is 8.42 Å². The molecule has 2 heterocycles. The molecule has 2 N–H and O–H groups in total. The Morgan fingerprint density at radius 1 is 1.29 bits per heavy atom. The lowest BCUT2D eigenvalue weighted by atomic mass is 10.3. The van der Waals surface area contributed by atoms with E-state index in [2.05, 4.69) is 15.0 Å². The summed E-state index contributed by atoms with van der Waals surface area (Å²) in [6, 6.07) is 1.72. The number of aromatic nitrogens is 1. The molecule has 0 bridgehead atoms. The molecule has 2 rings (SSSR count). The number of thiazole rings is 1. The number of rotatable bonds is 8. The summed E-state index contributed by atoms with van der Waals surface area (Å²) < 4.78 is 27.3. The molecule has 0 spiro atoms. The lowest BCUT2D eigenvalue weighted by molar-refractivity contribution is 0.583. The van der Waals surface area contributed by atoms with Gasteiger partial charge in [0.15, 0.2) is 0 Å². The average Bonchev–Trinajstić information content (AvgIpc) is 3.06. The molecule has 116 valence electrons. The molecule has 0 fully saturated rings. The first-order valence-corrected chi connectivity index (χ1v) is 9.94. The van der Waals surface area contributed by atoms with E-state index in [1.165, 1.54) is 11.3 Å². The van der Waals surface area contributed by atoms with E-state index < -0.39 is 10.0 Å². The van der Waals surface area contributed by atoms with E-state index in [0.717, 1.165) is 22.8 Å². The second-order valence-corrected chi connectivity index (χ2v) is 8.53. The SMILES string of the molecule is CCNCc1csc(S(=O)(=O)NCCc2csc(C)n2)c1. The van der Waals surface area contributed by atoms with E-state index in [1.807, 2.05) is 24.6 Å². The van der Waals surface area contributed by atoms with E-state index in [4.69, 9.17) is 0 Å². The maximum Gasteiger partial charge on any atom is 0.250 e. The van der Waals surface area contributed by atoms with Crippen LogP contribution in [-0.2, 0) is 23.0 Å². The predicted molar refractivity (Wildman–Crippen MR) is 87.4 cm³/mol. The van der Waals surface area contributed by atoms with Crippen molar-refractivity contribution < 1.29 is 8.42 Å². The second kappa shape index (κ2) is 7.46. The lowest BCUT2D eigenvalue weighted by Gasteiger charge is -2.03. The monoisotopic (exact) mass is 345 g/mol. The molecule has 0 saturated carbocycles. The Kier molecular flexibility index (Phi) is 5.88. The summed E-state index contributed by atoms with van der Waals surface area (Å²) in [7, 11) is -3.41. The molecule has 0 atom stereocenters. The van der Waals surface area contributed by atoms with Gasteiger partial charge in [0.25, 0.3) is 0 Å².